The van der Waals surface area contributed by atoms with Crippen molar-refractivity contribution in [2.75, 3.05) is 26.2 Å². The van der Waals surface area contributed by atoms with E-state index in [1.165, 1.54) is 5.56 Å². The van der Waals surface area contributed by atoms with E-state index in [1.807, 2.05) is 23.1 Å². The van der Waals surface area contributed by atoms with E-state index in [4.69, 9.17) is 11.6 Å². The number of piperazine rings is 1. The Bertz CT molecular complexity index is 789. The first-order chi connectivity index (χ1) is 13.0. The predicted molar refractivity (Wildman–Crippen MR) is 107 cm³/mol. The third-order valence-corrected chi connectivity index (χ3v) is 5.10. The molecule has 1 unspecified atom stereocenters. The highest BCUT2D eigenvalue weighted by Crippen LogP contribution is 2.15. The monoisotopic (exact) mass is 385 g/mol. The Morgan fingerprint density at radius 2 is 1.63 bits per heavy atom. The van der Waals surface area contributed by atoms with Gasteiger partial charge in [0.1, 0.15) is 6.04 Å². The van der Waals surface area contributed by atoms with Crippen LogP contribution < -0.4 is 5.32 Å². The van der Waals surface area contributed by atoms with Crippen molar-refractivity contribution in [3.8, 4) is 0 Å². The zero-order valence-corrected chi connectivity index (χ0v) is 16.2. The number of amides is 2. The van der Waals surface area contributed by atoms with E-state index in [-0.39, 0.29) is 11.8 Å². The summed E-state index contributed by atoms with van der Waals surface area (Å²) in [5, 5.41) is 3.14. The van der Waals surface area contributed by atoms with Crippen LogP contribution in [0.3, 0.4) is 0 Å². The van der Waals surface area contributed by atoms with Gasteiger partial charge in [0.25, 0.3) is 5.91 Å². The number of hydrogen-bond donors (Lipinski definition) is 1. The Morgan fingerprint density at radius 1 is 1.00 bits per heavy atom. The molecule has 1 N–H and O–H groups in total. The van der Waals surface area contributed by atoms with Crippen molar-refractivity contribution in [3.63, 3.8) is 0 Å². The number of carbonyl (C=O) groups is 2. The molecule has 0 aromatic heterocycles. The highest BCUT2D eigenvalue weighted by molar-refractivity contribution is 6.33. The minimum Gasteiger partial charge on any atom is -0.340 e. The minimum absolute atomic E-state index is 0.0604. The first-order valence-electron chi connectivity index (χ1n) is 9.15. The molecule has 1 saturated heterocycles. The van der Waals surface area contributed by atoms with Gasteiger partial charge in [-0.1, -0.05) is 54.1 Å². The van der Waals surface area contributed by atoms with Gasteiger partial charge in [-0.25, -0.2) is 0 Å². The van der Waals surface area contributed by atoms with E-state index >= 15 is 0 Å². The molecule has 2 aromatic carbocycles. The molecule has 142 valence electrons. The lowest BCUT2D eigenvalue weighted by molar-refractivity contribution is -0.134. The Morgan fingerprint density at radius 3 is 2.30 bits per heavy atom. The summed E-state index contributed by atoms with van der Waals surface area (Å²) in [4.78, 5) is 29.2. The SMILES string of the molecule is CC(NC(=O)c1ccccc1Cl)C(=O)N1CCN(Cc2ccccc2)CC1. The molecule has 1 aliphatic rings. The molecular weight excluding hydrogens is 362 g/mol. The van der Waals surface area contributed by atoms with E-state index < -0.39 is 6.04 Å². The molecule has 0 aliphatic carbocycles. The van der Waals surface area contributed by atoms with Gasteiger partial charge in [0, 0.05) is 32.7 Å². The van der Waals surface area contributed by atoms with E-state index in [1.54, 1.807) is 31.2 Å². The fraction of sp³-hybridized carbons (Fsp3) is 0.333. The normalized spacial score (nSPS) is 16.0. The second kappa shape index (κ2) is 9.02. The number of nitrogens with zero attached hydrogens (tertiary/aromatic N) is 2. The lowest BCUT2D eigenvalue weighted by atomic mass is 10.1. The van der Waals surface area contributed by atoms with Crippen LogP contribution in [0.4, 0.5) is 0 Å². The third kappa shape index (κ3) is 5.08. The van der Waals surface area contributed by atoms with Gasteiger partial charge in [-0.15, -0.1) is 0 Å². The Hall–Kier alpha value is -2.37. The van der Waals surface area contributed by atoms with Gasteiger partial charge in [-0.05, 0) is 24.6 Å². The minimum atomic E-state index is -0.588. The number of rotatable bonds is 5. The first kappa shape index (κ1) is 19.4. The maximum atomic E-state index is 12.7. The summed E-state index contributed by atoms with van der Waals surface area (Å²) in [6.45, 7) is 5.59. The predicted octanol–water partition coefficient (Wildman–Crippen LogP) is 2.80. The van der Waals surface area contributed by atoms with Crippen molar-refractivity contribution >= 4 is 23.4 Å². The van der Waals surface area contributed by atoms with Crippen molar-refractivity contribution in [2.24, 2.45) is 0 Å². The zero-order valence-electron chi connectivity index (χ0n) is 15.4. The summed E-state index contributed by atoms with van der Waals surface area (Å²) in [6.07, 6.45) is 0. The molecule has 27 heavy (non-hydrogen) atoms. The highest BCUT2D eigenvalue weighted by Gasteiger charge is 2.26. The van der Waals surface area contributed by atoms with Crippen molar-refractivity contribution in [1.82, 2.24) is 15.1 Å². The Labute approximate surface area is 164 Å². The zero-order chi connectivity index (χ0) is 19.2. The van der Waals surface area contributed by atoms with Crippen molar-refractivity contribution in [2.45, 2.75) is 19.5 Å². The molecule has 1 aliphatic heterocycles. The van der Waals surface area contributed by atoms with Crippen molar-refractivity contribution in [1.29, 1.82) is 0 Å². The lowest BCUT2D eigenvalue weighted by Gasteiger charge is -2.36. The van der Waals surface area contributed by atoms with Gasteiger partial charge in [-0.2, -0.15) is 0 Å². The molecule has 5 nitrogen and oxygen atoms in total. The molecule has 2 aromatic rings. The smallest absolute Gasteiger partial charge is 0.253 e. The summed E-state index contributed by atoms with van der Waals surface area (Å²) >= 11 is 6.05. The molecule has 0 radical (unpaired) electrons. The largest absolute Gasteiger partial charge is 0.340 e. The van der Waals surface area contributed by atoms with Crippen LogP contribution in [0.1, 0.15) is 22.8 Å². The number of halogens is 1. The molecule has 1 heterocycles. The summed E-state index contributed by atoms with van der Waals surface area (Å²) in [6, 6.07) is 16.6. The standard InChI is InChI=1S/C21H24ClN3O2/c1-16(23-20(26)18-9-5-6-10-19(18)22)21(27)25-13-11-24(12-14-25)15-17-7-3-2-4-8-17/h2-10,16H,11-15H2,1H3,(H,23,26). The molecule has 1 atom stereocenters. The quantitative estimate of drug-likeness (QED) is 0.861. The summed E-state index contributed by atoms with van der Waals surface area (Å²) in [7, 11) is 0. The van der Waals surface area contributed by atoms with E-state index in [0.717, 1.165) is 19.6 Å². The second-order valence-corrected chi connectivity index (χ2v) is 7.17. The van der Waals surface area contributed by atoms with Crippen LogP contribution in [0, 0.1) is 0 Å². The topological polar surface area (TPSA) is 52.7 Å². The molecule has 0 saturated carbocycles. The van der Waals surface area contributed by atoms with E-state index in [0.29, 0.717) is 23.7 Å². The summed E-state index contributed by atoms with van der Waals surface area (Å²) in [5.74, 6) is -0.390. The van der Waals surface area contributed by atoms with Crippen molar-refractivity contribution in [3.05, 3.63) is 70.7 Å². The second-order valence-electron chi connectivity index (χ2n) is 6.76. The molecule has 6 heteroatoms. The fourth-order valence-electron chi connectivity index (χ4n) is 3.22. The average molecular weight is 386 g/mol. The first-order valence-corrected chi connectivity index (χ1v) is 9.53. The van der Waals surface area contributed by atoms with Gasteiger partial charge in [0.05, 0.1) is 10.6 Å². The van der Waals surface area contributed by atoms with Crippen LogP contribution in [0.15, 0.2) is 54.6 Å². The van der Waals surface area contributed by atoms with Crippen molar-refractivity contribution < 1.29 is 9.59 Å². The molecule has 2 amide bonds. The maximum Gasteiger partial charge on any atom is 0.253 e. The van der Waals surface area contributed by atoms with Crippen LogP contribution in [0.25, 0.3) is 0 Å². The number of nitrogens with one attached hydrogen (secondary N) is 1. The molecule has 0 spiro atoms. The van der Waals surface area contributed by atoms with Gasteiger partial charge in [0.2, 0.25) is 5.91 Å². The average Bonchev–Trinajstić information content (AvgIpc) is 2.69. The number of benzene rings is 2. The Balaban J connectivity index is 1.50. The molecule has 1 fully saturated rings. The highest BCUT2D eigenvalue weighted by atomic mass is 35.5. The van der Waals surface area contributed by atoms with Gasteiger partial charge < -0.3 is 10.2 Å². The molecule has 0 bridgehead atoms. The maximum absolute atomic E-state index is 12.7. The van der Waals surface area contributed by atoms with E-state index in [2.05, 4.69) is 22.3 Å². The summed E-state index contributed by atoms with van der Waals surface area (Å²) < 4.78 is 0. The van der Waals surface area contributed by atoms with Gasteiger partial charge >= 0.3 is 0 Å². The van der Waals surface area contributed by atoms with Crippen LogP contribution in [0.2, 0.25) is 5.02 Å². The van der Waals surface area contributed by atoms with Gasteiger partial charge in [0.15, 0.2) is 0 Å². The molecular formula is C21H24ClN3O2. The van der Waals surface area contributed by atoms with Gasteiger partial charge in [-0.3, -0.25) is 14.5 Å². The van der Waals surface area contributed by atoms with Crippen LogP contribution in [-0.4, -0.2) is 53.8 Å². The number of hydrogen-bond acceptors (Lipinski definition) is 3. The molecule has 3 rings (SSSR count). The number of carbonyl (C=O) groups excluding carboxylic acids is 2. The van der Waals surface area contributed by atoms with Crippen LogP contribution >= 0.6 is 11.6 Å². The fourth-order valence-corrected chi connectivity index (χ4v) is 3.44. The lowest BCUT2D eigenvalue weighted by Crippen LogP contribution is -2.53. The van der Waals surface area contributed by atoms with Crippen LogP contribution in [-0.2, 0) is 11.3 Å². The third-order valence-electron chi connectivity index (χ3n) is 4.77. The summed E-state index contributed by atoms with van der Waals surface area (Å²) in [5.41, 5.74) is 1.66. The van der Waals surface area contributed by atoms with Crippen LogP contribution in [0.5, 0.6) is 0 Å². The Kier molecular flexibility index (Phi) is 6.48. The van der Waals surface area contributed by atoms with E-state index in [9.17, 15) is 9.59 Å².